The molecule has 26 heavy (non-hydrogen) atoms. The number of carbonyl (C=O) groups excluding carboxylic acids is 1. The van der Waals surface area contributed by atoms with Crippen LogP contribution in [-0.4, -0.2) is 62.4 Å². The van der Waals surface area contributed by atoms with Gasteiger partial charge in [-0.3, -0.25) is 14.3 Å². The maximum absolute atomic E-state index is 13.3. The van der Waals surface area contributed by atoms with Crippen molar-refractivity contribution < 1.29 is 19.4 Å². The Morgan fingerprint density at radius 2 is 2.15 bits per heavy atom. The van der Waals surface area contributed by atoms with Crippen LogP contribution in [-0.2, 0) is 16.6 Å². The van der Waals surface area contributed by atoms with Crippen molar-refractivity contribution in [3.8, 4) is 0 Å². The molecular weight excluding hydrogens is 336 g/mol. The molecule has 1 unspecified atom stereocenters. The number of pyridine rings is 1. The van der Waals surface area contributed by atoms with E-state index in [-0.39, 0.29) is 18.9 Å². The molecule has 1 saturated carbocycles. The first-order valence-electron chi connectivity index (χ1n) is 8.91. The number of ether oxygens (including phenoxy) is 1. The van der Waals surface area contributed by atoms with Crippen LogP contribution < -0.4 is 0 Å². The zero-order valence-corrected chi connectivity index (χ0v) is 14.9. The lowest BCUT2D eigenvalue weighted by Gasteiger charge is -2.32. The van der Waals surface area contributed by atoms with E-state index in [1.165, 1.54) is 0 Å². The van der Waals surface area contributed by atoms with E-state index < -0.39 is 12.1 Å². The van der Waals surface area contributed by atoms with Crippen LogP contribution in [0.1, 0.15) is 46.9 Å². The monoisotopic (exact) mass is 358 g/mol. The number of carbonyl (C=O) groups is 2. The molecule has 3 heterocycles. The molecule has 2 fully saturated rings. The zero-order valence-electron chi connectivity index (χ0n) is 14.9. The summed E-state index contributed by atoms with van der Waals surface area (Å²) in [5, 5.41) is 14.2. The van der Waals surface area contributed by atoms with Gasteiger partial charge in [0.2, 0.25) is 0 Å². The molecule has 1 aliphatic heterocycles. The Labute approximate surface area is 150 Å². The molecule has 0 spiro atoms. The van der Waals surface area contributed by atoms with Gasteiger partial charge in [0.05, 0.1) is 35.8 Å². The van der Waals surface area contributed by atoms with Gasteiger partial charge in [0.25, 0.3) is 5.91 Å². The number of morpholine rings is 1. The molecule has 1 amide bonds. The quantitative estimate of drug-likeness (QED) is 0.889. The first-order chi connectivity index (χ1) is 12.4. The Bertz CT molecular complexity index is 887. The van der Waals surface area contributed by atoms with Gasteiger partial charge in [-0.2, -0.15) is 5.10 Å². The SMILES string of the molecule is Cc1nn(C)c2nc(C3CC3)cc(C(=O)N3CCOC(CC(=O)O)C3)c12. The second-order valence-electron chi connectivity index (χ2n) is 7.12. The van der Waals surface area contributed by atoms with Gasteiger partial charge in [-0.05, 0) is 25.8 Å². The van der Waals surface area contributed by atoms with Gasteiger partial charge in [-0.1, -0.05) is 0 Å². The molecule has 2 aromatic rings. The van der Waals surface area contributed by atoms with Gasteiger partial charge in [0.1, 0.15) is 0 Å². The van der Waals surface area contributed by atoms with Crippen LogP contribution in [0.3, 0.4) is 0 Å². The molecule has 4 rings (SSSR count). The molecule has 0 bridgehead atoms. The van der Waals surface area contributed by atoms with E-state index in [2.05, 4.69) is 5.10 Å². The summed E-state index contributed by atoms with van der Waals surface area (Å²) in [6.45, 7) is 2.97. The maximum Gasteiger partial charge on any atom is 0.306 e. The summed E-state index contributed by atoms with van der Waals surface area (Å²) in [6, 6.07) is 1.90. The molecule has 2 aliphatic rings. The number of fused-ring (bicyclic) bond motifs is 1. The number of carboxylic acid groups (broad SMARTS) is 1. The summed E-state index contributed by atoms with van der Waals surface area (Å²) in [6.07, 6.45) is 1.62. The summed E-state index contributed by atoms with van der Waals surface area (Å²) in [4.78, 5) is 30.6. The second-order valence-corrected chi connectivity index (χ2v) is 7.12. The molecule has 1 aliphatic carbocycles. The molecule has 1 N–H and O–H groups in total. The van der Waals surface area contributed by atoms with Crippen molar-refractivity contribution in [2.45, 2.75) is 38.2 Å². The highest BCUT2D eigenvalue weighted by Gasteiger charge is 2.31. The summed E-state index contributed by atoms with van der Waals surface area (Å²) in [5.74, 6) is -0.602. The molecule has 8 nitrogen and oxygen atoms in total. The predicted molar refractivity (Wildman–Crippen MR) is 93.1 cm³/mol. The number of carboxylic acids is 1. The molecule has 138 valence electrons. The largest absolute Gasteiger partial charge is 0.481 e. The minimum absolute atomic E-state index is 0.102. The number of nitrogens with zero attached hydrogens (tertiary/aromatic N) is 4. The van der Waals surface area contributed by atoms with Crippen LogP contribution in [0.2, 0.25) is 0 Å². The highest BCUT2D eigenvalue weighted by molar-refractivity contribution is 6.06. The zero-order chi connectivity index (χ0) is 18.4. The summed E-state index contributed by atoms with van der Waals surface area (Å²) in [7, 11) is 1.84. The van der Waals surface area contributed by atoms with Crippen LogP contribution in [0.4, 0.5) is 0 Å². The highest BCUT2D eigenvalue weighted by Crippen LogP contribution is 2.40. The first kappa shape index (κ1) is 17.0. The average molecular weight is 358 g/mol. The van der Waals surface area contributed by atoms with Crippen LogP contribution in [0, 0.1) is 6.92 Å². The summed E-state index contributed by atoms with van der Waals surface area (Å²) < 4.78 is 7.21. The van der Waals surface area contributed by atoms with Crippen molar-refractivity contribution in [2.24, 2.45) is 7.05 Å². The Morgan fingerprint density at radius 3 is 2.85 bits per heavy atom. The van der Waals surface area contributed by atoms with Crippen molar-refractivity contribution in [1.29, 1.82) is 0 Å². The van der Waals surface area contributed by atoms with Crippen molar-refractivity contribution in [1.82, 2.24) is 19.7 Å². The number of aryl methyl sites for hydroxylation is 2. The van der Waals surface area contributed by atoms with Crippen molar-refractivity contribution in [2.75, 3.05) is 19.7 Å². The highest BCUT2D eigenvalue weighted by atomic mass is 16.5. The molecule has 0 radical (unpaired) electrons. The smallest absolute Gasteiger partial charge is 0.306 e. The lowest BCUT2D eigenvalue weighted by molar-refractivity contribution is -0.141. The third-order valence-electron chi connectivity index (χ3n) is 5.04. The van der Waals surface area contributed by atoms with Gasteiger partial charge in [0.15, 0.2) is 5.65 Å². The number of aromatic nitrogens is 3. The molecule has 8 heteroatoms. The lowest BCUT2D eigenvalue weighted by atomic mass is 10.1. The third-order valence-corrected chi connectivity index (χ3v) is 5.04. The Hall–Kier alpha value is -2.48. The van der Waals surface area contributed by atoms with E-state index in [1.54, 1.807) is 9.58 Å². The van der Waals surface area contributed by atoms with E-state index in [1.807, 2.05) is 20.0 Å². The maximum atomic E-state index is 13.3. The van der Waals surface area contributed by atoms with Crippen LogP contribution in [0.5, 0.6) is 0 Å². The average Bonchev–Trinajstić information content (AvgIpc) is 3.40. The second kappa shape index (κ2) is 6.35. The van der Waals surface area contributed by atoms with Gasteiger partial charge in [0, 0.05) is 31.7 Å². The summed E-state index contributed by atoms with van der Waals surface area (Å²) in [5.41, 5.74) is 3.05. The first-order valence-corrected chi connectivity index (χ1v) is 8.91. The number of aliphatic carboxylic acids is 1. The van der Waals surface area contributed by atoms with E-state index in [0.29, 0.717) is 24.6 Å². The van der Waals surface area contributed by atoms with Crippen LogP contribution in [0.15, 0.2) is 6.07 Å². The Morgan fingerprint density at radius 1 is 1.38 bits per heavy atom. The van der Waals surface area contributed by atoms with Gasteiger partial charge in [-0.25, -0.2) is 4.98 Å². The number of hydrogen-bond acceptors (Lipinski definition) is 5. The number of hydrogen-bond donors (Lipinski definition) is 1. The minimum Gasteiger partial charge on any atom is -0.481 e. The normalized spacial score (nSPS) is 20.5. The summed E-state index contributed by atoms with van der Waals surface area (Å²) >= 11 is 0. The van der Waals surface area contributed by atoms with Gasteiger partial charge < -0.3 is 14.7 Å². The topological polar surface area (TPSA) is 97.5 Å². The van der Waals surface area contributed by atoms with E-state index in [4.69, 9.17) is 14.8 Å². The lowest BCUT2D eigenvalue weighted by Crippen LogP contribution is -2.46. The van der Waals surface area contributed by atoms with Crippen molar-refractivity contribution >= 4 is 22.9 Å². The van der Waals surface area contributed by atoms with E-state index in [9.17, 15) is 9.59 Å². The standard InChI is InChI=1S/C18H22N4O4/c1-10-16-13(8-14(11-3-4-11)19-17(16)21(2)20-10)18(25)22-5-6-26-12(9-22)7-15(23)24/h8,11-12H,3-7,9H2,1-2H3,(H,23,24). The molecule has 1 saturated heterocycles. The third kappa shape index (κ3) is 3.05. The molecule has 1 atom stereocenters. The predicted octanol–water partition coefficient (Wildman–Crippen LogP) is 1.47. The number of amides is 1. The molecule has 2 aromatic heterocycles. The Balaban J connectivity index is 1.70. The fourth-order valence-electron chi connectivity index (χ4n) is 3.61. The molecule has 0 aromatic carbocycles. The van der Waals surface area contributed by atoms with Crippen LogP contribution in [0.25, 0.3) is 11.0 Å². The van der Waals surface area contributed by atoms with E-state index >= 15 is 0 Å². The Kier molecular flexibility index (Phi) is 4.14. The fourth-order valence-corrected chi connectivity index (χ4v) is 3.61. The minimum atomic E-state index is -0.922. The van der Waals surface area contributed by atoms with E-state index in [0.717, 1.165) is 35.3 Å². The molecular formula is C18H22N4O4. The van der Waals surface area contributed by atoms with Crippen molar-refractivity contribution in [3.63, 3.8) is 0 Å². The number of rotatable bonds is 4. The fraction of sp³-hybridized carbons (Fsp3) is 0.556. The van der Waals surface area contributed by atoms with Gasteiger partial charge >= 0.3 is 5.97 Å². The van der Waals surface area contributed by atoms with Crippen LogP contribution >= 0.6 is 0 Å². The van der Waals surface area contributed by atoms with Gasteiger partial charge in [-0.15, -0.1) is 0 Å². The van der Waals surface area contributed by atoms with Crippen molar-refractivity contribution in [3.05, 3.63) is 23.0 Å².